The molecule has 2 atom stereocenters. The highest BCUT2D eigenvalue weighted by Gasteiger charge is 2.41. The summed E-state index contributed by atoms with van der Waals surface area (Å²) in [4.78, 5) is 29.5. The second kappa shape index (κ2) is 6.23. The molecular weight excluding hydrogens is 300 g/mol. The van der Waals surface area contributed by atoms with Crippen molar-refractivity contribution in [1.82, 2.24) is 9.80 Å². The van der Waals surface area contributed by atoms with Gasteiger partial charge in [0.05, 0.1) is 12.6 Å². The Morgan fingerprint density at radius 3 is 2.50 bits per heavy atom. The SMILES string of the molecule is CC1CN2C(=O)CN(C(=O)C3CCCCC3)CC2c2ccccc21. The fraction of sp³-hybridized carbons (Fsp3) is 0.600. The quantitative estimate of drug-likeness (QED) is 0.796. The summed E-state index contributed by atoms with van der Waals surface area (Å²) in [5, 5.41) is 0. The summed E-state index contributed by atoms with van der Waals surface area (Å²) in [6.07, 6.45) is 5.52. The second-order valence-electron chi connectivity index (χ2n) is 7.65. The van der Waals surface area contributed by atoms with Crippen LogP contribution in [0.4, 0.5) is 0 Å². The molecule has 1 aliphatic carbocycles. The number of carbonyl (C=O) groups excluding carboxylic acids is 2. The minimum atomic E-state index is 0.0335. The monoisotopic (exact) mass is 326 g/mol. The number of fused-ring (bicyclic) bond motifs is 3. The van der Waals surface area contributed by atoms with Crippen molar-refractivity contribution in [3.8, 4) is 0 Å². The van der Waals surface area contributed by atoms with E-state index < -0.39 is 0 Å². The van der Waals surface area contributed by atoms with Crippen LogP contribution in [-0.4, -0.2) is 41.2 Å². The first kappa shape index (κ1) is 15.7. The van der Waals surface area contributed by atoms with Crippen LogP contribution in [0.3, 0.4) is 0 Å². The van der Waals surface area contributed by atoms with Gasteiger partial charge in [0.25, 0.3) is 0 Å². The van der Waals surface area contributed by atoms with Gasteiger partial charge in [0.2, 0.25) is 11.8 Å². The molecule has 0 radical (unpaired) electrons. The van der Waals surface area contributed by atoms with Crippen LogP contribution in [0.25, 0.3) is 0 Å². The van der Waals surface area contributed by atoms with Crippen molar-refractivity contribution in [1.29, 1.82) is 0 Å². The average Bonchev–Trinajstić information content (AvgIpc) is 2.63. The van der Waals surface area contributed by atoms with Crippen LogP contribution in [0.5, 0.6) is 0 Å². The summed E-state index contributed by atoms with van der Waals surface area (Å²) in [7, 11) is 0. The standard InChI is InChI=1S/C20H26N2O2/c1-14-11-22-18(17-10-6-5-9-16(14)17)12-21(13-19(22)23)20(24)15-7-3-2-4-8-15/h5-6,9-10,14-15,18H,2-4,7-8,11-13H2,1H3. The maximum atomic E-state index is 12.9. The van der Waals surface area contributed by atoms with Crippen molar-refractivity contribution in [2.75, 3.05) is 19.6 Å². The summed E-state index contributed by atoms with van der Waals surface area (Å²) in [5.74, 6) is 0.813. The van der Waals surface area contributed by atoms with Gasteiger partial charge in [-0.3, -0.25) is 9.59 Å². The minimum absolute atomic E-state index is 0.0335. The van der Waals surface area contributed by atoms with Crippen molar-refractivity contribution in [3.63, 3.8) is 0 Å². The molecule has 128 valence electrons. The predicted molar refractivity (Wildman–Crippen MR) is 92.5 cm³/mol. The van der Waals surface area contributed by atoms with Crippen LogP contribution in [0.15, 0.2) is 24.3 Å². The van der Waals surface area contributed by atoms with E-state index in [0.29, 0.717) is 12.5 Å². The van der Waals surface area contributed by atoms with E-state index in [0.717, 1.165) is 32.2 Å². The molecule has 1 aromatic rings. The Balaban J connectivity index is 1.59. The molecule has 2 unspecified atom stereocenters. The Hall–Kier alpha value is -1.84. The first-order chi connectivity index (χ1) is 11.6. The van der Waals surface area contributed by atoms with Crippen molar-refractivity contribution in [3.05, 3.63) is 35.4 Å². The third-order valence-electron chi connectivity index (χ3n) is 6.04. The molecule has 2 fully saturated rings. The molecule has 2 amide bonds. The van der Waals surface area contributed by atoms with Crippen molar-refractivity contribution in [2.45, 2.75) is 51.0 Å². The topological polar surface area (TPSA) is 40.6 Å². The average molecular weight is 326 g/mol. The highest BCUT2D eigenvalue weighted by Crippen LogP contribution is 2.38. The number of rotatable bonds is 1. The van der Waals surface area contributed by atoms with Gasteiger partial charge in [-0.05, 0) is 29.9 Å². The van der Waals surface area contributed by atoms with E-state index in [1.807, 2.05) is 15.9 Å². The van der Waals surface area contributed by atoms with Gasteiger partial charge < -0.3 is 9.80 Å². The molecule has 4 nitrogen and oxygen atoms in total. The molecule has 3 aliphatic rings. The summed E-state index contributed by atoms with van der Waals surface area (Å²) in [5.41, 5.74) is 2.56. The van der Waals surface area contributed by atoms with Crippen LogP contribution in [-0.2, 0) is 9.59 Å². The molecule has 2 heterocycles. The molecule has 4 heteroatoms. The second-order valence-corrected chi connectivity index (χ2v) is 7.65. The molecule has 1 aromatic carbocycles. The number of benzene rings is 1. The number of hydrogen-bond acceptors (Lipinski definition) is 2. The number of nitrogens with zero attached hydrogens (tertiary/aromatic N) is 2. The summed E-state index contributed by atoms with van der Waals surface area (Å²) in [6.45, 7) is 3.87. The van der Waals surface area contributed by atoms with Gasteiger partial charge in [0.1, 0.15) is 0 Å². The fourth-order valence-corrected chi connectivity index (χ4v) is 4.73. The Morgan fingerprint density at radius 2 is 1.75 bits per heavy atom. The van der Waals surface area contributed by atoms with Gasteiger partial charge in [-0.25, -0.2) is 0 Å². The fourth-order valence-electron chi connectivity index (χ4n) is 4.73. The number of piperazine rings is 1. The molecular formula is C20H26N2O2. The van der Waals surface area contributed by atoms with Crippen molar-refractivity contribution >= 4 is 11.8 Å². The van der Waals surface area contributed by atoms with Crippen LogP contribution in [0, 0.1) is 5.92 Å². The third-order valence-corrected chi connectivity index (χ3v) is 6.04. The van der Waals surface area contributed by atoms with E-state index in [1.54, 1.807) is 0 Å². The molecule has 0 aromatic heterocycles. The molecule has 0 bridgehead atoms. The Morgan fingerprint density at radius 1 is 1.04 bits per heavy atom. The number of hydrogen-bond donors (Lipinski definition) is 0. The zero-order valence-corrected chi connectivity index (χ0v) is 14.4. The van der Waals surface area contributed by atoms with E-state index in [9.17, 15) is 9.59 Å². The molecule has 24 heavy (non-hydrogen) atoms. The zero-order valence-electron chi connectivity index (χ0n) is 14.4. The first-order valence-electron chi connectivity index (χ1n) is 9.32. The lowest BCUT2D eigenvalue weighted by molar-refractivity contribution is -0.152. The third kappa shape index (κ3) is 2.62. The van der Waals surface area contributed by atoms with Gasteiger partial charge in [-0.15, -0.1) is 0 Å². The largest absolute Gasteiger partial charge is 0.332 e. The van der Waals surface area contributed by atoms with E-state index in [2.05, 4.69) is 25.1 Å². The Bertz CT molecular complexity index is 651. The van der Waals surface area contributed by atoms with Crippen LogP contribution < -0.4 is 0 Å². The molecule has 0 N–H and O–H groups in total. The minimum Gasteiger partial charge on any atom is -0.332 e. The lowest BCUT2D eigenvalue weighted by Gasteiger charge is -2.47. The lowest BCUT2D eigenvalue weighted by atomic mass is 9.84. The molecule has 2 aliphatic heterocycles. The van der Waals surface area contributed by atoms with Crippen LogP contribution in [0.2, 0.25) is 0 Å². The maximum absolute atomic E-state index is 12.9. The van der Waals surface area contributed by atoms with Crippen LogP contribution in [0.1, 0.15) is 62.1 Å². The Kier molecular flexibility index (Phi) is 4.07. The van der Waals surface area contributed by atoms with Gasteiger partial charge in [0.15, 0.2) is 0 Å². The van der Waals surface area contributed by atoms with Crippen LogP contribution >= 0.6 is 0 Å². The van der Waals surface area contributed by atoms with Gasteiger partial charge in [0, 0.05) is 19.0 Å². The predicted octanol–water partition coefficient (Wildman–Crippen LogP) is 3.10. The van der Waals surface area contributed by atoms with Gasteiger partial charge in [-0.1, -0.05) is 50.5 Å². The highest BCUT2D eigenvalue weighted by atomic mass is 16.2. The molecule has 1 saturated carbocycles. The number of amides is 2. The first-order valence-corrected chi connectivity index (χ1v) is 9.32. The Labute approximate surface area is 143 Å². The van der Waals surface area contributed by atoms with E-state index in [4.69, 9.17) is 0 Å². The van der Waals surface area contributed by atoms with E-state index in [-0.39, 0.29) is 30.3 Å². The zero-order chi connectivity index (χ0) is 16.7. The normalized spacial score (nSPS) is 27.6. The molecule has 1 saturated heterocycles. The van der Waals surface area contributed by atoms with E-state index in [1.165, 1.54) is 17.5 Å². The maximum Gasteiger partial charge on any atom is 0.242 e. The molecule has 0 spiro atoms. The smallest absolute Gasteiger partial charge is 0.242 e. The summed E-state index contributed by atoms with van der Waals surface area (Å²) >= 11 is 0. The van der Waals surface area contributed by atoms with E-state index >= 15 is 0 Å². The van der Waals surface area contributed by atoms with Crippen molar-refractivity contribution < 1.29 is 9.59 Å². The lowest BCUT2D eigenvalue weighted by Crippen LogP contribution is -2.57. The van der Waals surface area contributed by atoms with Gasteiger partial charge in [-0.2, -0.15) is 0 Å². The van der Waals surface area contributed by atoms with Crippen molar-refractivity contribution in [2.24, 2.45) is 5.92 Å². The highest BCUT2D eigenvalue weighted by molar-refractivity contribution is 5.88. The summed E-state index contributed by atoms with van der Waals surface area (Å²) < 4.78 is 0. The number of carbonyl (C=O) groups is 2. The molecule has 4 rings (SSSR count). The van der Waals surface area contributed by atoms with Gasteiger partial charge >= 0.3 is 0 Å². The summed E-state index contributed by atoms with van der Waals surface area (Å²) in [6, 6.07) is 8.45.